The summed E-state index contributed by atoms with van der Waals surface area (Å²) < 4.78 is 1.97. The van der Waals surface area contributed by atoms with Crippen LogP contribution in [0.5, 0.6) is 0 Å². The Morgan fingerprint density at radius 3 is 2.28 bits per heavy atom. The summed E-state index contributed by atoms with van der Waals surface area (Å²) >= 11 is 0. The highest BCUT2D eigenvalue weighted by Crippen LogP contribution is 2.23. The van der Waals surface area contributed by atoms with Gasteiger partial charge in [-0.2, -0.15) is 5.10 Å². The van der Waals surface area contributed by atoms with E-state index in [0.717, 1.165) is 23.4 Å². The maximum atomic E-state index is 9.34. The first-order valence-corrected chi connectivity index (χ1v) is 6.33. The molecule has 0 radical (unpaired) electrons. The number of aliphatic hydroxyl groups is 1. The lowest BCUT2D eigenvalue weighted by Crippen LogP contribution is -2.07. The van der Waals surface area contributed by atoms with E-state index in [0.29, 0.717) is 0 Å². The van der Waals surface area contributed by atoms with Gasteiger partial charge in [0.15, 0.2) is 0 Å². The summed E-state index contributed by atoms with van der Waals surface area (Å²) in [7, 11) is 0. The van der Waals surface area contributed by atoms with Crippen molar-refractivity contribution < 1.29 is 5.11 Å². The highest BCUT2D eigenvalue weighted by molar-refractivity contribution is 5.50. The third kappa shape index (κ3) is 2.06. The van der Waals surface area contributed by atoms with Gasteiger partial charge >= 0.3 is 0 Å². The van der Waals surface area contributed by atoms with Gasteiger partial charge in [-0.05, 0) is 38.3 Å². The zero-order valence-electron chi connectivity index (χ0n) is 11.5. The van der Waals surface area contributed by atoms with Gasteiger partial charge in [0, 0.05) is 11.3 Å². The van der Waals surface area contributed by atoms with Crippen LogP contribution in [0.25, 0.3) is 5.69 Å². The molecule has 0 fully saturated rings. The van der Waals surface area contributed by atoms with Crippen LogP contribution in [0, 0.1) is 20.8 Å². The van der Waals surface area contributed by atoms with Crippen molar-refractivity contribution in [3.8, 4) is 5.69 Å². The number of aryl methyl sites for hydroxylation is 3. The highest BCUT2D eigenvalue weighted by Gasteiger charge is 2.13. The van der Waals surface area contributed by atoms with E-state index in [4.69, 9.17) is 0 Å². The number of rotatable bonds is 3. The van der Waals surface area contributed by atoms with Crippen LogP contribution in [0.15, 0.2) is 18.3 Å². The van der Waals surface area contributed by atoms with E-state index in [9.17, 15) is 5.11 Å². The van der Waals surface area contributed by atoms with Gasteiger partial charge in [0.25, 0.3) is 0 Å². The van der Waals surface area contributed by atoms with E-state index >= 15 is 0 Å². The molecule has 0 saturated heterocycles. The number of benzene rings is 1. The summed E-state index contributed by atoms with van der Waals surface area (Å²) in [5.41, 5.74) is 6.84. The van der Waals surface area contributed by atoms with E-state index in [1.807, 2.05) is 4.68 Å². The van der Waals surface area contributed by atoms with Gasteiger partial charge in [-0.15, -0.1) is 0 Å². The molecule has 0 aliphatic carbocycles. The molecule has 96 valence electrons. The molecule has 2 aromatic rings. The van der Waals surface area contributed by atoms with Crippen molar-refractivity contribution in [3.05, 3.63) is 46.3 Å². The third-order valence-electron chi connectivity index (χ3n) is 3.31. The molecule has 1 aromatic carbocycles. The van der Waals surface area contributed by atoms with E-state index in [-0.39, 0.29) is 6.61 Å². The van der Waals surface area contributed by atoms with Crippen molar-refractivity contribution in [1.82, 2.24) is 9.78 Å². The van der Waals surface area contributed by atoms with E-state index in [2.05, 4.69) is 44.9 Å². The Labute approximate surface area is 108 Å². The first-order valence-electron chi connectivity index (χ1n) is 6.33. The van der Waals surface area contributed by atoms with E-state index < -0.39 is 0 Å². The SMILES string of the molecule is CCc1c(CO)cnn1-c1c(C)cc(C)cc1C. The number of hydrogen-bond acceptors (Lipinski definition) is 2. The van der Waals surface area contributed by atoms with Crippen molar-refractivity contribution in [1.29, 1.82) is 0 Å². The van der Waals surface area contributed by atoms with Crippen molar-refractivity contribution in [2.75, 3.05) is 0 Å². The Morgan fingerprint density at radius 2 is 1.78 bits per heavy atom. The molecule has 1 aromatic heterocycles. The predicted octanol–water partition coefficient (Wildman–Crippen LogP) is 2.85. The van der Waals surface area contributed by atoms with Crippen molar-refractivity contribution in [3.63, 3.8) is 0 Å². The van der Waals surface area contributed by atoms with Gasteiger partial charge in [0.2, 0.25) is 0 Å². The van der Waals surface area contributed by atoms with Crippen molar-refractivity contribution in [2.24, 2.45) is 0 Å². The minimum absolute atomic E-state index is 0.0487. The van der Waals surface area contributed by atoms with Crippen LogP contribution in [0.1, 0.15) is 34.9 Å². The first-order chi connectivity index (χ1) is 8.58. The summed E-state index contributed by atoms with van der Waals surface area (Å²) in [6.45, 7) is 8.45. The lowest BCUT2D eigenvalue weighted by atomic mass is 10.0. The topological polar surface area (TPSA) is 38.1 Å². The van der Waals surface area contributed by atoms with Crippen molar-refractivity contribution in [2.45, 2.75) is 40.7 Å². The standard InChI is InChI=1S/C15H20N2O/c1-5-14-13(9-18)8-16-17(14)15-11(3)6-10(2)7-12(15)4/h6-8,18H,5,9H2,1-4H3. The number of hydrogen-bond donors (Lipinski definition) is 1. The van der Waals surface area contributed by atoms with Gasteiger partial charge in [-0.3, -0.25) is 0 Å². The quantitative estimate of drug-likeness (QED) is 0.901. The molecule has 1 heterocycles. The zero-order valence-corrected chi connectivity index (χ0v) is 11.5. The lowest BCUT2D eigenvalue weighted by Gasteiger charge is -2.14. The molecule has 0 atom stereocenters. The summed E-state index contributed by atoms with van der Waals surface area (Å²) in [5, 5.41) is 13.8. The Balaban J connectivity index is 2.66. The fourth-order valence-electron chi connectivity index (χ4n) is 2.62. The minimum Gasteiger partial charge on any atom is -0.392 e. The number of nitrogens with zero attached hydrogens (tertiary/aromatic N) is 2. The molecule has 0 aliphatic heterocycles. The Bertz CT molecular complexity index is 547. The second-order valence-corrected chi connectivity index (χ2v) is 4.79. The van der Waals surface area contributed by atoms with Crippen LogP contribution in [0.2, 0.25) is 0 Å². The fourth-order valence-corrected chi connectivity index (χ4v) is 2.62. The Kier molecular flexibility index (Phi) is 3.53. The Morgan fingerprint density at radius 1 is 1.17 bits per heavy atom. The fraction of sp³-hybridized carbons (Fsp3) is 0.400. The molecular weight excluding hydrogens is 224 g/mol. The lowest BCUT2D eigenvalue weighted by molar-refractivity contribution is 0.280. The molecule has 18 heavy (non-hydrogen) atoms. The largest absolute Gasteiger partial charge is 0.392 e. The molecule has 3 heteroatoms. The predicted molar refractivity (Wildman–Crippen MR) is 73.1 cm³/mol. The highest BCUT2D eigenvalue weighted by atomic mass is 16.3. The molecule has 0 amide bonds. The maximum absolute atomic E-state index is 9.34. The van der Waals surface area contributed by atoms with E-state index in [1.165, 1.54) is 16.7 Å². The molecule has 0 bridgehead atoms. The van der Waals surface area contributed by atoms with Gasteiger partial charge in [-0.1, -0.05) is 24.6 Å². The molecule has 0 spiro atoms. The molecule has 3 nitrogen and oxygen atoms in total. The summed E-state index contributed by atoms with van der Waals surface area (Å²) in [5.74, 6) is 0. The van der Waals surface area contributed by atoms with E-state index in [1.54, 1.807) is 6.20 Å². The maximum Gasteiger partial charge on any atom is 0.0715 e. The van der Waals surface area contributed by atoms with Crippen LogP contribution < -0.4 is 0 Å². The summed E-state index contributed by atoms with van der Waals surface area (Å²) in [4.78, 5) is 0. The average molecular weight is 244 g/mol. The minimum atomic E-state index is 0.0487. The molecule has 0 saturated carbocycles. The normalized spacial score (nSPS) is 10.9. The van der Waals surface area contributed by atoms with Crippen LogP contribution in [-0.2, 0) is 13.0 Å². The average Bonchev–Trinajstić information content (AvgIpc) is 2.70. The van der Waals surface area contributed by atoms with Crippen LogP contribution in [0.3, 0.4) is 0 Å². The second kappa shape index (κ2) is 4.94. The Hall–Kier alpha value is -1.61. The van der Waals surface area contributed by atoms with Crippen molar-refractivity contribution >= 4 is 0 Å². The monoisotopic (exact) mass is 244 g/mol. The van der Waals surface area contributed by atoms with Gasteiger partial charge in [-0.25, -0.2) is 4.68 Å². The van der Waals surface area contributed by atoms with Crippen LogP contribution in [0.4, 0.5) is 0 Å². The molecule has 1 N–H and O–H groups in total. The van der Waals surface area contributed by atoms with Gasteiger partial charge in [0.05, 0.1) is 18.5 Å². The second-order valence-electron chi connectivity index (χ2n) is 4.79. The van der Waals surface area contributed by atoms with Crippen LogP contribution >= 0.6 is 0 Å². The summed E-state index contributed by atoms with van der Waals surface area (Å²) in [6.07, 6.45) is 2.63. The number of aliphatic hydroxyl groups excluding tert-OH is 1. The molecule has 0 aliphatic rings. The third-order valence-corrected chi connectivity index (χ3v) is 3.31. The molecule has 0 unspecified atom stereocenters. The number of aromatic nitrogens is 2. The zero-order chi connectivity index (χ0) is 13.3. The van der Waals surface area contributed by atoms with Crippen LogP contribution in [-0.4, -0.2) is 14.9 Å². The molecular formula is C15H20N2O. The molecule has 2 rings (SSSR count). The summed E-state index contributed by atoms with van der Waals surface area (Å²) in [6, 6.07) is 4.34. The van der Waals surface area contributed by atoms with Gasteiger partial charge in [0.1, 0.15) is 0 Å². The smallest absolute Gasteiger partial charge is 0.0715 e. The first kappa shape index (κ1) is 12.8. The van der Waals surface area contributed by atoms with Gasteiger partial charge < -0.3 is 5.11 Å².